The van der Waals surface area contributed by atoms with Crippen molar-refractivity contribution in [2.75, 3.05) is 0 Å². The van der Waals surface area contributed by atoms with Crippen molar-refractivity contribution in [3.63, 3.8) is 0 Å². The van der Waals surface area contributed by atoms with Crippen molar-refractivity contribution in [1.29, 1.82) is 0 Å². The zero-order valence-electron chi connectivity index (χ0n) is 33.6. The van der Waals surface area contributed by atoms with Crippen LogP contribution in [0, 0.1) is 0 Å². The Balaban J connectivity index is 1.00. The average molecular weight is 792 g/mol. The maximum absolute atomic E-state index is 6.74. The van der Waals surface area contributed by atoms with Crippen LogP contribution in [0.3, 0.4) is 0 Å². The van der Waals surface area contributed by atoms with Crippen molar-refractivity contribution >= 4 is 21.9 Å². The molecule has 12 rings (SSSR count). The number of fused-ring (bicyclic) bond motifs is 6. The number of nitrogens with zero attached hydrogens (tertiary/aromatic N) is 3. The molecule has 1 aliphatic rings. The van der Waals surface area contributed by atoms with Gasteiger partial charge in [-0.1, -0.05) is 194 Å². The summed E-state index contributed by atoms with van der Waals surface area (Å²) in [6.07, 6.45) is 0. The fraction of sp³-hybridized carbons (Fsp3) is 0.0172. The number of rotatable bonds is 7. The predicted molar refractivity (Wildman–Crippen MR) is 252 cm³/mol. The van der Waals surface area contributed by atoms with E-state index in [0.717, 1.165) is 66.4 Å². The Hall–Kier alpha value is -8.21. The molecule has 0 N–H and O–H groups in total. The van der Waals surface area contributed by atoms with Gasteiger partial charge < -0.3 is 4.42 Å². The van der Waals surface area contributed by atoms with Gasteiger partial charge in [-0.15, -0.1) is 0 Å². The molecule has 0 fully saturated rings. The van der Waals surface area contributed by atoms with Crippen LogP contribution in [0.4, 0.5) is 0 Å². The molecule has 290 valence electrons. The first-order valence-corrected chi connectivity index (χ1v) is 21.0. The molecule has 0 radical (unpaired) electrons. The zero-order chi connectivity index (χ0) is 41.0. The molecule has 0 unspecified atom stereocenters. The Labute approximate surface area is 359 Å². The van der Waals surface area contributed by atoms with Crippen molar-refractivity contribution in [2.45, 2.75) is 5.41 Å². The molecule has 4 nitrogen and oxygen atoms in total. The minimum absolute atomic E-state index is 0.512. The van der Waals surface area contributed by atoms with Gasteiger partial charge in [-0.25, -0.2) is 15.0 Å². The Morgan fingerprint density at radius 2 is 0.774 bits per heavy atom. The van der Waals surface area contributed by atoms with Gasteiger partial charge in [0.1, 0.15) is 11.2 Å². The van der Waals surface area contributed by atoms with Crippen LogP contribution in [-0.2, 0) is 5.41 Å². The van der Waals surface area contributed by atoms with E-state index in [4.69, 9.17) is 19.4 Å². The van der Waals surface area contributed by atoms with E-state index >= 15 is 0 Å². The molecule has 0 saturated carbocycles. The SMILES string of the molecule is c1ccc(-c2ccc(-c3nc(-c4cccc(-c5ccccc5)c4)nc(-c4ccc5oc6cc(C7(c8ccccc8)c8ccccc8-c8ccccc87)ccc6c5c4)n3)cc2)cc1. The van der Waals surface area contributed by atoms with E-state index in [1.54, 1.807) is 0 Å². The van der Waals surface area contributed by atoms with Crippen molar-refractivity contribution in [2.24, 2.45) is 0 Å². The standard InChI is InChI=1S/C58H37N3O/c1-4-15-38(16-5-1)40-27-29-41(30-28-40)55-59-56(43-20-14-19-42(35-43)39-17-6-2-7-18-39)61-57(60-55)44-31-34-53-50(36-44)49-33-32-46(37-54(49)62-53)58(45-21-8-3-9-22-45)51-25-12-10-23-47(51)48-24-11-13-26-52(48)58/h1-37H. The van der Waals surface area contributed by atoms with Gasteiger partial charge in [0.25, 0.3) is 0 Å². The summed E-state index contributed by atoms with van der Waals surface area (Å²) in [5.41, 5.74) is 15.8. The van der Waals surface area contributed by atoms with E-state index in [-0.39, 0.29) is 0 Å². The summed E-state index contributed by atoms with van der Waals surface area (Å²) in [5, 5.41) is 2.04. The summed E-state index contributed by atoms with van der Waals surface area (Å²) in [5.74, 6) is 1.82. The first-order valence-electron chi connectivity index (χ1n) is 21.0. The second kappa shape index (κ2) is 14.5. The van der Waals surface area contributed by atoms with E-state index in [9.17, 15) is 0 Å². The molecular weight excluding hydrogens is 755 g/mol. The molecule has 0 bridgehead atoms. The Morgan fingerprint density at radius 3 is 1.44 bits per heavy atom. The van der Waals surface area contributed by atoms with Gasteiger partial charge in [0.2, 0.25) is 0 Å². The third-order valence-corrected chi connectivity index (χ3v) is 12.4. The molecule has 0 amide bonds. The number of hydrogen-bond acceptors (Lipinski definition) is 4. The Kier molecular flexibility index (Phi) is 8.36. The summed E-state index contributed by atoms with van der Waals surface area (Å²) in [6, 6.07) is 79.2. The molecule has 0 saturated heterocycles. The maximum atomic E-state index is 6.74. The third kappa shape index (κ3) is 5.80. The summed E-state index contributed by atoms with van der Waals surface area (Å²) in [6.45, 7) is 0. The molecule has 11 aromatic rings. The second-order valence-electron chi connectivity index (χ2n) is 15.9. The smallest absolute Gasteiger partial charge is 0.164 e. The lowest BCUT2D eigenvalue weighted by Crippen LogP contribution is -2.28. The van der Waals surface area contributed by atoms with E-state index in [0.29, 0.717) is 17.5 Å². The summed E-state index contributed by atoms with van der Waals surface area (Å²) in [4.78, 5) is 15.4. The number of benzene rings is 9. The molecule has 4 heteroatoms. The maximum Gasteiger partial charge on any atom is 0.164 e. The molecule has 0 aliphatic heterocycles. The first kappa shape index (κ1) is 35.7. The highest BCUT2D eigenvalue weighted by atomic mass is 16.3. The Morgan fingerprint density at radius 1 is 0.290 bits per heavy atom. The van der Waals surface area contributed by atoms with E-state index < -0.39 is 5.41 Å². The largest absolute Gasteiger partial charge is 0.456 e. The molecule has 0 spiro atoms. The van der Waals surface area contributed by atoms with Crippen LogP contribution in [0.25, 0.3) is 89.5 Å². The minimum Gasteiger partial charge on any atom is -0.456 e. The first-order chi connectivity index (χ1) is 30.7. The van der Waals surface area contributed by atoms with Crippen molar-refractivity contribution < 1.29 is 4.42 Å². The fourth-order valence-electron chi connectivity index (χ4n) is 9.54. The summed E-state index contributed by atoms with van der Waals surface area (Å²) < 4.78 is 6.74. The minimum atomic E-state index is -0.512. The number of hydrogen-bond donors (Lipinski definition) is 0. The van der Waals surface area contributed by atoms with Crippen LogP contribution < -0.4 is 0 Å². The highest BCUT2D eigenvalue weighted by Crippen LogP contribution is 2.56. The van der Waals surface area contributed by atoms with Gasteiger partial charge in [0, 0.05) is 27.5 Å². The zero-order valence-corrected chi connectivity index (χ0v) is 33.6. The van der Waals surface area contributed by atoms with Crippen molar-refractivity contribution in [1.82, 2.24) is 15.0 Å². The van der Waals surface area contributed by atoms with Crippen LogP contribution in [0.15, 0.2) is 229 Å². The van der Waals surface area contributed by atoms with E-state index in [1.165, 1.54) is 27.8 Å². The molecule has 62 heavy (non-hydrogen) atoms. The summed E-state index contributed by atoms with van der Waals surface area (Å²) >= 11 is 0. The van der Waals surface area contributed by atoms with Crippen molar-refractivity contribution in [3.8, 4) is 67.5 Å². The van der Waals surface area contributed by atoms with Crippen LogP contribution in [0.5, 0.6) is 0 Å². The highest BCUT2D eigenvalue weighted by molar-refractivity contribution is 6.06. The van der Waals surface area contributed by atoms with Gasteiger partial charge in [-0.3, -0.25) is 0 Å². The topological polar surface area (TPSA) is 51.8 Å². The van der Waals surface area contributed by atoms with Crippen LogP contribution >= 0.6 is 0 Å². The van der Waals surface area contributed by atoms with Gasteiger partial charge in [0.05, 0.1) is 5.41 Å². The van der Waals surface area contributed by atoms with Gasteiger partial charge in [-0.05, 0) is 86.0 Å². The number of furan rings is 1. The molecule has 9 aromatic carbocycles. The van der Waals surface area contributed by atoms with Crippen molar-refractivity contribution in [3.05, 3.63) is 247 Å². The van der Waals surface area contributed by atoms with Gasteiger partial charge in [0.15, 0.2) is 17.5 Å². The van der Waals surface area contributed by atoms with E-state index in [1.807, 2.05) is 18.2 Å². The molecule has 1 aliphatic carbocycles. The van der Waals surface area contributed by atoms with Crippen LogP contribution in [0.2, 0.25) is 0 Å². The molecule has 2 heterocycles. The lowest BCUT2D eigenvalue weighted by atomic mass is 9.67. The van der Waals surface area contributed by atoms with Gasteiger partial charge >= 0.3 is 0 Å². The second-order valence-corrected chi connectivity index (χ2v) is 15.9. The summed E-state index contributed by atoms with van der Waals surface area (Å²) in [7, 11) is 0. The fourth-order valence-corrected chi connectivity index (χ4v) is 9.54. The third-order valence-electron chi connectivity index (χ3n) is 12.4. The quantitative estimate of drug-likeness (QED) is 0.161. The lowest BCUT2D eigenvalue weighted by Gasteiger charge is -2.33. The molecular formula is C58H37N3O. The number of aromatic nitrogens is 3. The predicted octanol–water partition coefficient (Wildman–Crippen LogP) is 14.5. The van der Waals surface area contributed by atoms with Crippen LogP contribution in [-0.4, -0.2) is 15.0 Å². The highest BCUT2D eigenvalue weighted by Gasteiger charge is 2.46. The molecule has 2 aromatic heterocycles. The average Bonchev–Trinajstić information content (AvgIpc) is 3.88. The Bertz CT molecular complexity index is 3400. The van der Waals surface area contributed by atoms with Gasteiger partial charge in [-0.2, -0.15) is 0 Å². The monoisotopic (exact) mass is 791 g/mol. The van der Waals surface area contributed by atoms with E-state index in [2.05, 4.69) is 206 Å². The lowest BCUT2D eigenvalue weighted by molar-refractivity contribution is 0.665. The molecule has 0 atom stereocenters. The van der Waals surface area contributed by atoms with Crippen LogP contribution in [0.1, 0.15) is 22.3 Å². The normalized spacial score (nSPS) is 12.6.